The van der Waals surface area contributed by atoms with Gasteiger partial charge in [0.05, 0.1) is 12.6 Å². The Labute approximate surface area is 154 Å². The van der Waals surface area contributed by atoms with Gasteiger partial charge in [0.2, 0.25) is 0 Å². The Balaban J connectivity index is 1.39. The van der Waals surface area contributed by atoms with Crippen LogP contribution in [0.3, 0.4) is 0 Å². The molecule has 5 nitrogen and oxygen atoms in total. The molecule has 5 heteroatoms. The van der Waals surface area contributed by atoms with Crippen molar-refractivity contribution in [2.24, 2.45) is 5.92 Å². The Hall–Kier alpha value is -1.85. The molecule has 1 aromatic carbocycles. The van der Waals surface area contributed by atoms with Crippen molar-refractivity contribution >= 4 is 0 Å². The number of likely N-dealkylation sites (tertiary alicyclic amines) is 1. The van der Waals surface area contributed by atoms with Gasteiger partial charge in [-0.05, 0) is 31.4 Å². The van der Waals surface area contributed by atoms with Crippen LogP contribution in [0.5, 0.6) is 5.75 Å². The maximum Gasteiger partial charge on any atom is 0.126 e. The summed E-state index contributed by atoms with van der Waals surface area (Å²) in [6.45, 7) is 5.99. The van der Waals surface area contributed by atoms with E-state index < -0.39 is 0 Å². The summed E-state index contributed by atoms with van der Waals surface area (Å²) < 4.78 is 13.0. The van der Waals surface area contributed by atoms with Gasteiger partial charge in [0.1, 0.15) is 17.2 Å². The molecule has 1 N–H and O–H groups in total. The minimum absolute atomic E-state index is 0.0778. The molecule has 1 spiro atoms. The highest BCUT2D eigenvalue weighted by atomic mass is 16.5. The molecular weight excluding hydrogens is 326 g/mol. The number of hydrogen-bond donors (Lipinski definition) is 1. The second kappa shape index (κ2) is 6.39. The molecule has 0 radical (unpaired) electrons. The SMILES string of the molecule is Cc1ccc2c(c1)OC1(CCN(Cc3ncc[nH]3)CC1)[C@H]1CCCO[C@H]21. The predicted molar refractivity (Wildman–Crippen MR) is 99.1 cm³/mol. The average molecular weight is 353 g/mol. The van der Waals surface area contributed by atoms with Gasteiger partial charge in [-0.15, -0.1) is 0 Å². The Morgan fingerprint density at radius 3 is 3.00 bits per heavy atom. The Morgan fingerprint density at radius 2 is 2.19 bits per heavy atom. The van der Waals surface area contributed by atoms with Crippen molar-refractivity contribution < 1.29 is 9.47 Å². The maximum atomic E-state index is 6.76. The smallest absolute Gasteiger partial charge is 0.126 e. The van der Waals surface area contributed by atoms with Gasteiger partial charge < -0.3 is 14.5 Å². The first-order chi connectivity index (χ1) is 12.7. The van der Waals surface area contributed by atoms with E-state index in [4.69, 9.17) is 9.47 Å². The second-order valence-corrected chi connectivity index (χ2v) is 8.06. The van der Waals surface area contributed by atoms with Crippen LogP contribution < -0.4 is 4.74 Å². The average Bonchev–Trinajstić information content (AvgIpc) is 3.17. The maximum absolute atomic E-state index is 6.76. The predicted octanol–water partition coefficient (Wildman–Crippen LogP) is 3.61. The molecule has 3 aliphatic heterocycles. The summed E-state index contributed by atoms with van der Waals surface area (Å²) >= 11 is 0. The molecule has 3 aliphatic rings. The first-order valence-electron chi connectivity index (χ1n) is 9.85. The van der Waals surface area contributed by atoms with Gasteiger partial charge in [0.25, 0.3) is 0 Å². The number of ether oxygens (including phenoxy) is 2. The fraction of sp³-hybridized carbons (Fsp3) is 0.571. The third kappa shape index (κ3) is 2.74. The van der Waals surface area contributed by atoms with Gasteiger partial charge in [-0.1, -0.05) is 12.1 Å². The number of nitrogens with one attached hydrogen (secondary N) is 1. The van der Waals surface area contributed by atoms with E-state index in [-0.39, 0.29) is 11.7 Å². The fourth-order valence-corrected chi connectivity index (χ4v) is 5.04. The summed E-state index contributed by atoms with van der Waals surface area (Å²) in [6, 6.07) is 6.59. The molecule has 2 fully saturated rings. The van der Waals surface area contributed by atoms with E-state index in [1.807, 2.05) is 12.4 Å². The lowest BCUT2D eigenvalue weighted by Crippen LogP contribution is -2.57. The topological polar surface area (TPSA) is 50.4 Å². The van der Waals surface area contributed by atoms with Gasteiger partial charge in [-0.2, -0.15) is 0 Å². The molecule has 1 aromatic heterocycles. The Morgan fingerprint density at radius 1 is 1.31 bits per heavy atom. The third-order valence-corrected chi connectivity index (χ3v) is 6.42. The van der Waals surface area contributed by atoms with E-state index >= 15 is 0 Å². The standard InChI is InChI=1S/C21H27N3O2/c1-15-4-5-16-18(13-15)26-21(17-3-2-12-25-20(16)17)6-10-24(11-7-21)14-19-22-8-9-23-19/h4-5,8-9,13,17,20H,2-3,6-7,10-12,14H2,1H3,(H,22,23)/t17-,20+/m0/s1. The van der Waals surface area contributed by atoms with E-state index in [9.17, 15) is 0 Å². The van der Waals surface area contributed by atoms with Gasteiger partial charge >= 0.3 is 0 Å². The summed E-state index contributed by atoms with van der Waals surface area (Å²) in [4.78, 5) is 10.1. The van der Waals surface area contributed by atoms with Gasteiger partial charge in [0, 0.05) is 56.4 Å². The van der Waals surface area contributed by atoms with Crippen LogP contribution >= 0.6 is 0 Å². The first-order valence-corrected chi connectivity index (χ1v) is 9.85. The molecule has 4 heterocycles. The molecule has 26 heavy (non-hydrogen) atoms. The van der Waals surface area contributed by atoms with Gasteiger partial charge in [0.15, 0.2) is 0 Å². The number of aromatic nitrogens is 2. The van der Waals surface area contributed by atoms with E-state index in [0.717, 1.165) is 57.1 Å². The second-order valence-electron chi connectivity index (χ2n) is 8.06. The number of aromatic amines is 1. The molecule has 2 saturated heterocycles. The molecule has 0 aliphatic carbocycles. The van der Waals surface area contributed by atoms with Crippen LogP contribution in [0, 0.1) is 12.8 Å². The van der Waals surface area contributed by atoms with Crippen LogP contribution in [-0.2, 0) is 11.3 Å². The fourth-order valence-electron chi connectivity index (χ4n) is 5.04. The third-order valence-electron chi connectivity index (χ3n) is 6.42. The van der Waals surface area contributed by atoms with Crippen LogP contribution in [0.2, 0.25) is 0 Å². The van der Waals surface area contributed by atoms with E-state index in [0.29, 0.717) is 5.92 Å². The Bertz CT molecular complexity index is 766. The number of imidazole rings is 1. The zero-order valence-electron chi connectivity index (χ0n) is 15.4. The summed E-state index contributed by atoms with van der Waals surface area (Å²) in [5, 5.41) is 0. The summed E-state index contributed by atoms with van der Waals surface area (Å²) in [7, 11) is 0. The largest absolute Gasteiger partial charge is 0.486 e. The lowest BCUT2D eigenvalue weighted by Gasteiger charge is -2.53. The highest BCUT2D eigenvalue weighted by molar-refractivity contribution is 5.42. The van der Waals surface area contributed by atoms with E-state index in [1.165, 1.54) is 17.5 Å². The zero-order valence-corrected chi connectivity index (χ0v) is 15.4. The molecule has 0 unspecified atom stereocenters. The lowest BCUT2D eigenvalue weighted by molar-refractivity contribution is -0.150. The number of fused-ring (bicyclic) bond motifs is 4. The highest BCUT2D eigenvalue weighted by Gasteiger charge is 2.52. The molecule has 5 rings (SSSR count). The van der Waals surface area contributed by atoms with Crippen LogP contribution in [0.4, 0.5) is 0 Å². The number of nitrogens with zero attached hydrogens (tertiary/aromatic N) is 2. The molecule has 0 saturated carbocycles. The molecule has 2 atom stereocenters. The summed E-state index contributed by atoms with van der Waals surface area (Å²) in [5.41, 5.74) is 2.43. The van der Waals surface area contributed by atoms with Crippen molar-refractivity contribution in [3.63, 3.8) is 0 Å². The lowest BCUT2D eigenvalue weighted by atomic mass is 9.70. The van der Waals surface area contributed by atoms with Crippen molar-refractivity contribution in [2.45, 2.75) is 50.9 Å². The van der Waals surface area contributed by atoms with Crippen molar-refractivity contribution in [2.75, 3.05) is 19.7 Å². The Kier molecular flexibility index (Phi) is 4.02. The van der Waals surface area contributed by atoms with Crippen LogP contribution in [-0.4, -0.2) is 40.2 Å². The van der Waals surface area contributed by atoms with Crippen LogP contribution in [0.15, 0.2) is 30.6 Å². The molecule has 0 amide bonds. The minimum atomic E-state index is -0.0778. The van der Waals surface area contributed by atoms with E-state index in [2.05, 4.69) is 40.0 Å². The zero-order chi connectivity index (χ0) is 17.6. The number of rotatable bonds is 2. The molecule has 138 valence electrons. The van der Waals surface area contributed by atoms with Crippen LogP contribution in [0.25, 0.3) is 0 Å². The molecule has 0 bridgehead atoms. The van der Waals surface area contributed by atoms with Crippen molar-refractivity contribution in [1.29, 1.82) is 0 Å². The summed E-state index contributed by atoms with van der Waals surface area (Å²) in [5.74, 6) is 2.57. The summed E-state index contributed by atoms with van der Waals surface area (Å²) in [6.07, 6.45) is 8.39. The number of H-pyrrole nitrogens is 1. The number of aryl methyl sites for hydroxylation is 1. The highest BCUT2D eigenvalue weighted by Crippen LogP contribution is 2.53. The number of benzene rings is 1. The molecular formula is C21H27N3O2. The van der Waals surface area contributed by atoms with Gasteiger partial charge in [-0.25, -0.2) is 4.98 Å². The number of hydrogen-bond acceptors (Lipinski definition) is 4. The van der Waals surface area contributed by atoms with Crippen molar-refractivity contribution in [1.82, 2.24) is 14.9 Å². The van der Waals surface area contributed by atoms with Crippen LogP contribution in [0.1, 0.15) is 48.7 Å². The number of piperidine rings is 1. The normalized spacial score (nSPS) is 27.6. The molecule has 2 aromatic rings. The van der Waals surface area contributed by atoms with E-state index in [1.54, 1.807) is 0 Å². The van der Waals surface area contributed by atoms with Gasteiger partial charge in [-0.3, -0.25) is 4.90 Å². The van der Waals surface area contributed by atoms with Crippen molar-refractivity contribution in [3.8, 4) is 5.75 Å². The minimum Gasteiger partial charge on any atom is -0.486 e. The quantitative estimate of drug-likeness (QED) is 0.896. The monoisotopic (exact) mass is 353 g/mol. The van der Waals surface area contributed by atoms with Crippen molar-refractivity contribution in [3.05, 3.63) is 47.5 Å². The first kappa shape index (κ1) is 16.3.